The maximum absolute atomic E-state index is 12.9. The molecule has 2 rings (SSSR count). The average molecular weight is 424 g/mol. The molecule has 0 radical (unpaired) electrons. The first-order chi connectivity index (χ1) is 13.6. The molecule has 28 heavy (non-hydrogen) atoms. The highest BCUT2D eigenvalue weighted by Crippen LogP contribution is 2.51. The molecule has 0 bridgehead atoms. The number of unbranched alkanes of at least 4 members (excludes halogenated alkanes) is 1. The van der Waals surface area contributed by atoms with Gasteiger partial charge in [0.2, 0.25) is 6.79 Å². The molecule has 0 saturated heterocycles. The first kappa shape index (κ1) is 22.7. The molecule has 8 heteroatoms. The first-order valence-corrected chi connectivity index (χ1v) is 11.5. The summed E-state index contributed by atoms with van der Waals surface area (Å²) < 4.78 is 34.0. The summed E-state index contributed by atoms with van der Waals surface area (Å²) in [6.45, 7) is 1.64. The summed E-state index contributed by atoms with van der Waals surface area (Å²) in [5, 5.41) is -0.480. The van der Waals surface area contributed by atoms with Crippen molar-refractivity contribution in [3.05, 3.63) is 71.8 Å². The lowest BCUT2D eigenvalue weighted by Crippen LogP contribution is -2.07. The second-order valence-corrected chi connectivity index (χ2v) is 8.51. The Hall–Kier alpha value is -1.63. The number of ether oxygens (including phenoxy) is 1. The predicted octanol–water partition coefficient (Wildman–Crippen LogP) is 6.17. The fourth-order valence-electron chi connectivity index (χ4n) is 2.05. The Kier molecular flexibility index (Phi) is 10.3. The van der Waals surface area contributed by atoms with Crippen LogP contribution in [-0.4, -0.2) is 17.8 Å². The SMILES string of the molecule is CCCCSC(=O)OCOP(=O)(OCc1ccccc1)OCc1ccccc1. The Balaban J connectivity index is 1.88. The third-order valence-electron chi connectivity index (χ3n) is 3.57. The number of phosphoric ester groups is 1. The van der Waals surface area contributed by atoms with Crippen LogP contribution in [0.4, 0.5) is 4.79 Å². The summed E-state index contributed by atoms with van der Waals surface area (Å²) >= 11 is 1.06. The van der Waals surface area contributed by atoms with E-state index in [0.29, 0.717) is 5.75 Å². The van der Waals surface area contributed by atoms with Gasteiger partial charge in [0.05, 0.1) is 13.2 Å². The predicted molar refractivity (Wildman–Crippen MR) is 110 cm³/mol. The zero-order chi connectivity index (χ0) is 20.1. The van der Waals surface area contributed by atoms with Crippen molar-refractivity contribution < 1.29 is 27.7 Å². The molecule has 2 aromatic carbocycles. The van der Waals surface area contributed by atoms with Gasteiger partial charge in [-0.25, -0.2) is 13.9 Å². The van der Waals surface area contributed by atoms with Gasteiger partial charge in [-0.1, -0.05) is 74.0 Å². The molecule has 0 aliphatic heterocycles. The van der Waals surface area contributed by atoms with E-state index in [-0.39, 0.29) is 13.2 Å². The Labute approximate surface area is 170 Å². The van der Waals surface area contributed by atoms with Gasteiger partial charge in [-0.15, -0.1) is 0 Å². The molecule has 2 aromatic rings. The van der Waals surface area contributed by atoms with Crippen LogP contribution in [0.3, 0.4) is 0 Å². The molecule has 0 heterocycles. The highest BCUT2D eigenvalue weighted by atomic mass is 32.2. The van der Waals surface area contributed by atoms with E-state index in [1.54, 1.807) is 0 Å². The molecule has 0 unspecified atom stereocenters. The van der Waals surface area contributed by atoms with Crippen LogP contribution < -0.4 is 0 Å². The second kappa shape index (κ2) is 12.8. The van der Waals surface area contributed by atoms with Gasteiger partial charge in [-0.3, -0.25) is 9.05 Å². The van der Waals surface area contributed by atoms with Crippen LogP contribution in [0.15, 0.2) is 60.7 Å². The number of rotatable bonds is 12. The summed E-state index contributed by atoms with van der Waals surface area (Å²) in [6, 6.07) is 18.5. The minimum Gasteiger partial charge on any atom is -0.430 e. The van der Waals surface area contributed by atoms with Crippen LogP contribution in [0.5, 0.6) is 0 Å². The summed E-state index contributed by atoms with van der Waals surface area (Å²) in [5.74, 6) is 0.669. The molecular weight excluding hydrogens is 399 g/mol. The monoisotopic (exact) mass is 424 g/mol. The maximum Gasteiger partial charge on any atom is 0.478 e. The van der Waals surface area contributed by atoms with E-state index in [1.165, 1.54) is 0 Å². The number of carbonyl (C=O) groups is 1. The minimum atomic E-state index is -3.92. The number of hydrogen-bond donors (Lipinski definition) is 0. The largest absolute Gasteiger partial charge is 0.478 e. The van der Waals surface area contributed by atoms with Gasteiger partial charge < -0.3 is 4.74 Å². The minimum absolute atomic E-state index is 0.0477. The molecule has 0 N–H and O–H groups in total. The zero-order valence-corrected chi connectivity index (χ0v) is 17.5. The van der Waals surface area contributed by atoms with Gasteiger partial charge in [0.15, 0.2) is 0 Å². The van der Waals surface area contributed by atoms with Crippen molar-refractivity contribution in [2.24, 2.45) is 0 Å². The van der Waals surface area contributed by atoms with E-state index in [2.05, 4.69) is 0 Å². The van der Waals surface area contributed by atoms with E-state index in [0.717, 1.165) is 35.7 Å². The molecule has 0 amide bonds. The van der Waals surface area contributed by atoms with Gasteiger partial charge in [0.25, 0.3) is 0 Å². The third-order valence-corrected chi connectivity index (χ3v) is 5.73. The summed E-state index contributed by atoms with van der Waals surface area (Å²) in [5.41, 5.74) is 1.64. The molecule has 0 saturated carbocycles. The Morgan fingerprint density at radius 3 is 1.93 bits per heavy atom. The van der Waals surface area contributed by atoms with Crippen molar-refractivity contribution in [1.82, 2.24) is 0 Å². The lowest BCUT2D eigenvalue weighted by atomic mass is 10.2. The second-order valence-electron chi connectivity index (χ2n) is 5.81. The first-order valence-electron chi connectivity index (χ1n) is 9.02. The Morgan fingerprint density at radius 1 is 0.893 bits per heavy atom. The standard InChI is InChI=1S/C20H25O6PS/c1-2-3-14-28-20(21)23-17-26-27(22,24-15-18-10-6-4-7-11-18)25-16-19-12-8-5-9-13-19/h4-13H,2-3,14-17H2,1H3. The summed E-state index contributed by atoms with van der Waals surface area (Å²) in [4.78, 5) is 11.7. The highest BCUT2D eigenvalue weighted by molar-refractivity contribution is 8.13. The number of phosphoric acid groups is 1. The molecule has 0 atom stereocenters. The van der Waals surface area contributed by atoms with E-state index in [4.69, 9.17) is 18.3 Å². The fourth-order valence-corrected chi connectivity index (χ4v) is 3.80. The lowest BCUT2D eigenvalue weighted by Gasteiger charge is -2.18. The van der Waals surface area contributed by atoms with Crippen molar-refractivity contribution in [3.8, 4) is 0 Å². The van der Waals surface area contributed by atoms with Crippen molar-refractivity contribution in [3.63, 3.8) is 0 Å². The Morgan fingerprint density at radius 2 is 1.43 bits per heavy atom. The van der Waals surface area contributed by atoms with Crippen LogP contribution in [0, 0.1) is 0 Å². The highest BCUT2D eigenvalue weighted by Gasteiger charge is 2.28. The number of thioether (sulfide) groups is 1. The van der Waals surface area contributed by atoms with E-state index >= 15 is 0 Å². The van der Waals surface area contributed by atoms with Gasteiger partial charge in [-0.2, -0.15) is 0 Å². The van der Waals surface area contributed by atoms with Gasteiger partial charge in [-0.05, 0) is 29.3 Å². The van der Waals surface area contributed by atoms with Gasteiger partial charge in [0, 0.05) is 5.75 Å². The van der Waals surface area contributed by atoms with Crippen LogP contribution >= 0.6 is 19.6 Å². The maximum atomic E-state index is 12.9. The van der Waals surface area contributed by atoms with Crippen molar-refractivity contribution in [2.75, 3.05) is 12.5 Å². The van der Waals surface area contributed by atoms with Gasteiger partial charge >= 0.3 is 13.1 Å². The third kappa shape index (κ3) is 9.04. The number of benzene rings is 2. The van der Waals surface area contributed by atoms with Crippen molar-refractivity contribution >= 4 is 24.9 Å². The van der Waals surface area contributed by atoms with Crippen LogP contribution in [0.1, 0.15) is 30.9 Å². The number of hydrogen-bond acceptors (Lipinski definition) is 7. The molecule has 152 valence electrons. The fraction of sp³-hybridized carbons (Fsp3) is 0.350. The molecule has 0 aromatic heterocycles. The topological polar surface area (TPSA) is 71.1 Å². The number of carbonyl (C=O) groups excluding carboxylic acids is 1. The summed E-state index contributed by atoms with van der Waals surface area (Å²) in [6.07, 6.45) is 1.91. The van der Waals surface area contributed by atoms with Gasteiger partial charge in [0.1, 0.15) is 0 Å². The quantitative estimate of drug-likeness (QED) is 0.175. The molecule has 0 fully saturated rings. The van der Waals surface area contributed by atoms with E-state index < -0.39 is 19.9 Å². The van der Waals surface area contributed by atoms with Crippen molar-refractivity contribution in [1.29, 1.82) is 0 Å². The molecule has 0 aliphatic carbocycles. The smallest absolute Gasteiger partial charge is 0.430 e. The van der Waals surface area contributed by atoms with Crippen LogP contribution in [0.2, 0.25) is 0 Å². The molecular formula is C20H25O6PS. The summed E-state index contributed by atoms with van der Waals surface area (Å²) in [7, 11) is -3.92. The lowest BCUT2D eigenvalue weighted by molar-refractivity contribution is 0.0267. The van der Waals surface area contributed by atoms with Crippen molar-refractivity contribution in [2.45, 2.75) is 33.0 Å². The van der Waals surface area contributed by atoms with Crippen LogP contribution in [-0.2, 0) is 36.1 Å². The van der Waals surface area contributed by atoms with E-state index in [9.17, 15) is 9.36 Å². The Bertz CT molecular complexity index is 693. The van der Waals surface area contributed by atoms with E-state index in [1.807, 2.05) is 67.6 Å². The molecule has 6 nitrogen and oxygen atoms in total. The molecule has 0 aliphatic rings. The average Bonchev–Trinajstić information content (AvgIpc) is 2.73. The zero-order valence-electron chi connectivity index (χ0n) is 15.8. The normalized spacial score (nSPS) is 11.3. The molecule has 0 spiro atoms. The van der Waals surface area contributed by atoms with Crippen LogP contribution in [0.25, 0.3) is 0 Å².